The Morgan fingerprint density at radius 1 is 0.268 bits per heavy atom. The van der Waals surface area contributed by atoms with E-state index in [-0.39, 0.29) is 54.4 Å². The van der Waals surface area contributed by atoms with Crippen LogP contribution in [0.1, 0.15) is 207 Å². The van der Waals surface area contributed by atoms with Gasteiger partial charge in [-0.1, -0.05) is 211 Å². The average Bonchev–Trinajstić information content (AvgIpc) is 0.673. The second-order valence-electron chi connectivity index (χ2n) is 38.9. The number of anilines is 3. The summed E-state index contributed by atoms with van der Waals surface area (Å²) in [7, 11) is 3.37. The van der Waals surface area contributed by atoms with Gasteiger partial charge in [-0.15, -0.1) is 0 Å². The minimum absolute atomic E-state index is 0.0793. The maximum absolute atomic E-state index is 14.7. The molecule has 0 saturated heterocycles. The van der Waals surface area contributed by atoms with E-state index in [0.29, 0.717) is 67.5 Å². The van der Waals surface area contributed by atoms with Crippen molar-refractivity contribution >= 4 is 104 Å². The molecule has 0 aliphatic carbocycles. The van der Waals surface area contributed by atoms with E-state index in [1.165, 1.54) is 22.3 Å². The number of ether oxygens (including phenoxy) is 7. The minimum Gasteiger partial charge on any atom is -0.497 e. The van der Waals surface area contributed by atoms with Crippen molar-refractivity contribution < 1.29 is 42.7 Å². The summed E-state index contributed by atoms with van der Waals surface area (Å²) < 4.78 is 47.3. The molecule has 0 unspecified atom stereocenters. The molecule has 14 aromatic rings. The average molecular weight is 1490 g/mol. The zero-order valence-corrected chi connectivity index (χ0v) is 69.5. The van der Waals surface area contributed by atoms with Crippen molar-refractivity contribution in [1.29, 1.82) is 0 Å². The van der Waals surface area contributed by atoms with Gasteiger partial charge in [0.25, 0.3) is 0 Å². The highest BCUT2D eigenvalue weighted by Gasteiger charge is 2.38. The molecule has 10 heteroatoms. The number of fused-ring (bicyclic) bond motifs is 4. The third-order valence-corrected chi connectivity index (χ3v) is 22.6. The van der Waals surface area contributed by atoms with Gasteiger partial charge in [0.2, 0.25) is 0 Å². The molecule has 10 nitrogen and oxygen atoms in total. The molecule has 0 aromatic heterocycles. The highest BCUT2D eigenvalue weighted by atomic mass is 16.6. The van der Waals surface area contributed by atoms with E-state index in [1.54, 1.807) is 26.4 Å². The smallest absolute Gasteiger partial charge is 0.346 e. The number of cyclic esters (lactones) is 2. The number of esters is 2. The molecule has 15 rings (SSSR count). The van der Waals surface area contributed by atoms with Crippen LogP contribution in [0, 0.1) is 21.7 Å². The summed E-state index contributed by atoms with van der Waals surface area (Å²) in [5, 5.41) is 11.4. The summed E-state index contributed by atoms with van der Waals surface area (Å²) in [6, 6.07) is 69.2. The predicted molar refractivity (Wildman–Crippen MR) is 463 cm³/mol. The molecule has 574 valence electrons. The molecular weight excluding hydrogens is 1380 g/mol. The fourth-order valence-corrected chi connectivity index (χ4v) is 19.5. The van der Waals surface area contributed by atoms with Crippen LogP contribution in [0.2, 0.25) is 0 Å². The topological polar surface area (TPSA) is 102 Å². The maximum atomic E-state index is 14.7. The molecule has 0 spiro atoms. The van der Waals surface area contributed by atoms with Crippen molar-refractivity contribution in [3.05, 3.63) is 234 Å². The molecular formula is C102H107NO9. The van der Waals surface area contributed by atoms with Gasteiger partial charge in [0.05, 0.1) is 31.0 Å². The molecule has 0 bridgehead atoms. The normalized spacial score (nSPS) is 13.5. The van der Waals surface area contributed by atoms with E-state index in [9.17, 15) is 9.59 Å². The van der Waals surface area contributed by atoms with Gasteiger partial charge < -0.3 is 38.1 Å². The molecule has 0 atom stereocenters. The minimum atomic E-state index is -0.759. The van der Waals surface area contributed by atoms with E-state index >= 15 is 0 Å². The number of carbonyl (C=O) groups excluding carboxylic acids is 2. The first-order valence-corrected chi connectivity index (χ1v) is 39.6. The second-order valence-corrected chi connectivity index (χ2v) is 38.9. The molecule has 14 aromatic carbocycles. The zero-order chi connectivity index (χ0) is 79.9. The Labute approximate surface area is 661 Å². The standard InChI is InChI=1S/C102H107NO9/c1-95(2,3)56-99(13,14)60-23-35-68(36-24-60)108-80-52-51-72-79(103(64-31-43-66(106-21)44-32-64)65-33-45-67(107-22)46-34-65)55-83(111-71-41-29-63(30-42-71)102(19,20)59-98(10,11)12)88-74-48-50-76-85-75(49-47-73(84(74)85)87(80)91(72)88)89-81(109-69-37-25-61(26-38-69)100(15,16)57-96(4,5)6)53-77-86-78(94(105)112-93(77)104)54-82(90(76)92(86)89)110-70-39-27-62(28-40-70)101(17,18)58-97(7,8)9/h23-55H,56-59H2,1-22H3. The number of benzene rings is 14. The van der Waals surface area contributed by atoms with Gasteiger partial charge >= 0.3 is 11.9 Å². The van der Waals surface area contributed by atoms with Gasteiger partial charge in [-0.05, 0) is 245 Å². The Hall–Kier alpha value is -10.8. The van der Waals surface area contributed by atoms with Crippen molar-refractivity contribution in [3.8, 4) is 57.5 Å². The highest BCUT2D eigenvalue weighted by Crippen LogP contribution is 2.59. The molecule has 0 N–H and O–H groups in total. The van der Waals surface area contributed by atoms with Gasteiger partial charge in [-0.2, -0.15) is 0 Å². The van der Waals surface area contributed by atoms with Crippen LogP contribution in [-0.4, -0.2) is 26.2 Å². The molecule has 1 aliphatic rings. The van der Waals surface area contributed by atoms with Gasteiger partial charge in [0.1, 0.15) is 57.5 Å². The second kappa shape index (κ2) is 27.5. The van der Waals surface area contributed by atoms with Crippen molar-refractivity contribution in [3.63, 3.8) is 0 Å². The van der Waals surface area contributed by atoms with Crippen LogP contribution in [-0.2, 0) is 26.4 Å². The number of rotatable bonds is 21. The summed E-state index contributed by atoms with van der Waals surface area (Å²) in [6.07, 6.45) is 3.88. The van der Waals surface area contributed by atoms with Crippen LogP contribution in [0.3, 0.4) is 0 Å². The summed E-state index contributed by atoms with van der Waals surface area (Å²) >= 11 is 0. The third-order valence-electron chi connectivity index (χ3n) is 22.6. The van der Waals surface area contributed by atoms with Crippen LogP contribution in [0.4, 0.5) is 17.1 Å². The van der Waals surface area contributed by atoms with Crippen LogP contribution in [0.25, 0.3) is 75.4 Å². The van der Waals surface area contributed by atoms with E-state index in [0.717, 1.165) is 108 Å². The molecule has 0 amide bonds. The first-order chi connectivity index (χ1) is 52.6. The van der Waals surface area contributed by atoms with Crippen LogP contribution in [0.5, 0.6) is 57.5 Å². The van der Waals surface area contributed by atoms with E-state index < -0.39 is 11.9 Å². The number of hydrogen-bond acceptors (Lipinski definition) is 10. The van der Waals surface area contributed by atoms with Crippen molar-refractivity contribution in [2.75, 3.05) is 19.1 Å². The molecule has 0 fully saturated rings. The predicted octanol–water partition coefficient (Wildman–Crippen LogP) is 29.5. The first-order valence-electron chi connectivity index (χ1n) is 39.6. The number of carbonyl (C=O) groups is 2. The van der Waals surface area contributed by atoms with E-state index in [4.69, 9.17) is 33.2 Å². The lowest BCUT2D eigenvalue weighted by Gasteiger charge is -2.33. The van der Waals surface area contributed by atoms with Gasteiger partial charge in [0.15, 0.2) is 0 Å². The van der Waals surface area contributed by atoms with Crippen LogP contribution >= 0.6 is 0 Å². The lowest BCUT2D eigenvalue weighted by atomic mass is 9.72. The van der Waals surface area contributed by atoms with Crippen molar-refractivity contribution in [1.82, 2.24) is 0 Å². The molecule has 1 aliphatic heterocycles. The quantitative estimate of drug-likeness (QED) is 0.0299. The fourth-order valence-electron chi connectivity index (χ4n) is 19.5. The van der Waals surface area contributed by atoms with Crippen molar-refractivity contribution in [2.24, 2.45) is 21.7 Å². The van der Waals surface area contributed by atoms with Gasteiger partial charge in [-0.3, -0.25) is 0 Å². The van der Waals surface area contributed by atoms with Crippen molar-refractivity contribution in [2.45, 2.75) is 186 Å². The van der Waals surface area contributed by atoms with E-state index in [1.807, 2.05) is 48.5 Å². The van der Waals surface area contributed by atoms with Gasteiger partial charge in [0, 0.05) is 60.5 Å². The van der Waals surface area contributed by atoms with Crippen LogP contribution < -0.4 is 33.3 Å². The number of methoxy groups -OCH3 is 2. The Morgan fingerprint density at radius 2 is 0.536 bits per heavy atom. The fraction of sp³-hybridized carbons (Fsp3) is 0.333. The number of hydrogen-bond donors (Lipinski definition) is 0. The first kappa shape index (κ1) is 76.5. The number of nitrogens with zero attached hydrogens (tertiary/aromatic N) is 1. The molecule has 1 heterocycles. The van der Waals surface area contributed by atoms with Gasteiger partial charge in [-0.25, -0.2) is 9.59 Å². The largest absolute Gasteiger partial charge is 0.497 e. The Bertz CT molecular complexity index is 5710. The SMILES string of the molecule is COc1ccc(N(c2ccc(OC)cc2)c2cc(Oc3ccc(C(C)(C)CC(C)(C)C)cc3)c3c4ccc5c6c(Oc7ccc(C(C)(C)CC(C)(C)C)cc7)cc7c8c(cc(Oc9ccc(C(C)(C)CC(C)(C)C)cc9)c(c9ccc(c%10c(Oc%11ccc(C(C)(C)CC(C)(C)C)cc%11)ccc2c%103)c4c95)c86)C(=O)OC7=O)cc1. The third kappa shape index (κ3) is 14.6. The monoisotopic (exact) mass is 1490 g/mol. The highest BCUT2D eigenvalue weighted by molar-refractivity contribution is 6.46. The lowest BCUT2D eigenvalue weighted by Crippen LogP contribution is -2.24. The summed E-state index contributed by atoms with van der Waals surface area (Å²) in [5.74, 6) is 4.49. The summed E-state index contributed by atoms with van der Waals surface area (Å²) in [6.45, 7) is 45.9. The van der Waals surface area contributed by atoms with E-state index in [2.05, 4.69) is 283 Å². The Balaban J connectivity index is 1.08. The molecule has 0 radical (unpaired) electrons. The zero-order valence-electron chi connectivity index (χ0n) is 69.5. The lowest BCUT2D eigenvalue weighted by molar-refractivity contribution is 0.0390. The Kier molecular flexibility index (Phi) is 18.8. The molecule has 112 heavy (non-hydrogen) atoms. The maximum Gasteiger partial charge on any atom is 0.346 e. The Morgan fingerprint density at radius 3 is 0.839 bits per heavy atom. The summed E-state index contributed by atoms with van der Waals surface area (Å²) in [4.78, 5) is 31.7. The van der Waals surface area contributed by atoms with Crippen LogP contribution in [0.15, 0.2) is 200 Å². The molecule has 0 saturated carbocycles. The summed E-state index contributed by atoms with van der Waals surface area (Å²) in [5.41, 5.74) is 7.64.